The summed E-state index contributed by atoms with van der Waals surface area (Å²) in [6.07, 6.45) is 4.84. The highest BCUT2D eigenvalue weighted by Gasteiger charge is 2.17. The number of carbonyl (C=O) groups is 1. The Balaban J connectivity index is 1.91. The van der Waals surface area contributed by atoms with Crippen molar-refractivity contribution >= 4 is 17.5 Å². The predicted molar refractivity (Wildman–Crippen MR) is 90.1 cm³/mol. The van der Waals surface area contributed by atoms with Gasteiger partial charge in [0.2, 0.25) is 17.6 Å². The molecular weight excluding hydrogens is 314 g/mol. The van der Waals surface area contributed by atoms with E-state index in [1.165, 1.54) is 0 Å². The first kappa shape index (κ1) is 17.5. The fraction of sp³-hybridized carbons (Fsp3) is 0.471. The molecule has 0 spiro atoms. The van der Waals surface area contributed by atoms with Gasteiger partial charge in [0.1, 0.15) is 6.04 Å². The number of amides is 1. The number of aromatic nitrogens is 2. The Morgan fingerprint density at radius 3 is 2.91 bits per heavy atom. The van der Waals surface area contributed by atoms with Gasteiger partial charge in [-0.05, 0) is 25.5 Å². The summed E-state index contributed by atoms with van der Waals surface area (Å²) in [6, 6.07) is 6.93. The monoisotopic (exact) mass is 335 g/mol. The zero-order valence-electron chi connectivity index (χ0n) is 13.5. The molecule has 6 heteroatoms. The molecule has 1 atom stereocenters. The van der Waals surface area contributed by atoms with Crippen LogP contribution in [-0.4, -0.2) is 16.0 Å². The number of carbonyl (C=O) groups excluding carboxylic acids is 1. The lowest BCUT2D eigenvalue weighted by Crippen LogP contribution is -2.26. The average Bonchev–Trinajstić information content (AvgIpc) is 3.02. The van der Waals surface area contributed by atoms with E-state index in [1.54, 1.807) is 12.1 Å². The minimum Gasteiger partial charge on any atom is -0.345 e. The van der Waals surface area contributed by atoms with E-state index in [0.29, 0.717) is 23.2 Å². The normalized spacial score (nSPS) is 12.1. The molecule has 0 fully saturated rings. The maximum atomic E-state index is 11.9. The number of hydrogen-bond donors (Lipinski definition) is 1. The molecule has 0 aliphatic rings. The topological polar surface area (TPSA) is 68.0 Å². The van der Waals surface area contributed by atoms with E-state index in [-0.39, 0.29) is 11.9 Å². The van der Waals surface area contributed by atoms with Crippen molar-refractivity contribution in [3.63, 3.8) is 0 Å². The molecule has 23 heavy (non-hydrogen) atoms. The summed E-state index contributed by atoms with van der Waals surface area (Å²) in [5.41, 5.74) is 0.783. The first-order valence-corrected chi connectivity index (χ1v) is 8.37. The number of nitrogens with zero attached hydrogens (tertiary/aromatic N) is 2. The van der Waals surface area contributed by atoms with Crippen LogP contribution in [0.1, 0.15) is 57.9 Å². The smallest absolute Gasteiger partial charge is 0.249 e. The number of hydrogen-bond acceptors (Lipinski definition) is 4. The number of nitrogens with one attached hydrogen (secondary N) is 1. The van der Waals surface area contributed by atoms with E-state index in [0.717, 1.165) is 31.2 Å². The summed E-state index contributed by atoms with van der Waals surface area (Å²) in [4.78, 5) is 16.2. The Hall–Kier alpha value is -1.88. The Kier molecular flexibility index (Phi) is 6.59. The second-order valence-electron chi connectivity index (χ2n) is 5.57. The first-order valence-electron chi connectivity index (χ1n) is 7.99. The summed E-state index contributed by atoms with van der Waals surface area (Å²) in [7, 11) is 0. The third kappa shape index (κ3) is 5.36. The number of halogens is 1. The van der Waals surface area contributed by atoms with Crippen LogP contribution in [0, 0.1) is 0 Å². The third-order valence-electron chi connectivity index (χ3n) is 3.53. The van der Waals surface area contributed by atoms with Crippen molar-refractivity contribution in [1.29, 1.82) is 0 Å². The standard InChI is InChI=1S/C17H22ClN3O2/c1-3-4-5-6-10-15(22)19-12(2)17-20-16(21-23-17)13-8-7-9-14(18)11-13/h7-9,11-12H,3-6,10H2,1-2H3,(H,19,22). The van der Waals surface area contributed by atoms with Crippen LogP contribution in [0.2, 0.25) is 5.02 Å². The molecule has 2 rings (SSSR count). The van der Waals surface area contributed by atoms with Crippen LogP contribution in [0.3, 0.4) is 0 Å². The van der Waals surface area contributed by atoms with Crippen molar-refractivity contribution in [2.24, 2.45) is 0 Å². The van der Waals surface area contributed by atoms with Crippen LogP contribution in [0.4, 0.5) is 0 Å². The maximum Gasteiger partial charge on any atom is 0.249 e. The van der Waals surface area contributed by atoms with Crippen LogP contribution < -0.4 is 5.32 Å². The lowest BCUT2D eigenvalue weighted by Gasteiger charge is -2.09. The molecule has 1 N–H and O–H groups in total. The summed E-state index contributed by atoms with van der Waals surface area (Å²) >= 11 is 5.96. The molecule has 1 aromatic carbocycles. The highest BCUT2D eigenvalue weighted by Crippen LogP contribution is 2.21. The van der Waals surface area contributed by atoms with E-state index in [4.69, 9.17) is 16.1 Å². The van der Waals surface area contributed by atoms with Crippen molar-refractivity contribution in [1.82, 2.24) is 15.5 Å². The molecule has 1 aromatic heterocycles. The lowest BCUT2D eigenvalue weighted by atomic mass is 10.1. The van der Waals surface area contributed by atoms with Crippen molar-refractivity contribution < 1.29 is 9.32 Å². The highest BCUT2D eigenvalue weighted by molar-refractivity contribution is 6.30. The van der Waals surface area contributed by atoms with Gasteiger partial charge in [-0.1, -0.05) is 55.1 Å². The summed E-state index contributed by atoms with van der Waals surface area (Å²) < 4.78 is 5.25. The second-order valence-corrected chi connectivity index (χ2v) is 6.00. The van der Waals surface area contributed by atoms with E-state index < -0.39 is 0 Å². The average molecular weight is 336 g/mol. The molecule has 0 saturated carbocycles. The molecule has 2 aromatic rings. The molecule has 0 radical (unpaired) electrons. The largest absolute Gasteiger partial charge is 0.345 e. The molecule has 0 aliphatic heterocycles. The third-order valence-corrected chi connectivity index (χ3v) is 3.76. The molecule has 5 nitrogen and oxygen atoms in total. The fourth-order valence-electron chi connectivity index (χ4n) is 2.24. The second kappa shape index (κ2) is 8.67. The molecule has 1 heterocycles. The van der Waals surface area contributed by atoms with E-state index >= 15 is 0 Å². The van der Waals surface area contributed by atoms with Crippen molar-refractivity contribution in [3.05, 3.63) is 35.2 Å². The number of benzene rings is 1. The van der Waals surface area contributed by atoms with Crippen molar-refractivity contribution in [2.45, 2.75) is 52.0 Å². The molecule has 124 valence electrons. The summed E-state index contributed by atoms with van der Waals surface area (Å²) in [6.45, 7) is 3.98. The van der Waals surface area contributed by atoms with Gasteiger partial charge in [0.25, 0.3) is 0 Å². The minimum atomic E-state index is -0.311. The van der Waals surface area contributed by atoms with E-state index in [9.17, 15) is 4.79 Å². The van der Waals surface area contributed by atoms with E-state index in [2.05, 4.69) is 22.4 Å². The minimum absolute atomic E-state index is 0.0103. The fourth-order valence-corrected chi connectivity index (χ4v) is 2.43. The zero-order valence-corrected chi connectivity index (χ0v) is 14.3. The number of unbranched alkanes of at least 4 members (excludes halogenated alkanes) is 3. The van der Waals surface area contributed by atoms with Crippen LogP contribution in [0.25, 0.3) is 11.4 Å². The lowest BCUT2D eigenvalue weighted by molar-refractivity contribution is -0.122. The molecule has 0 saturated heterocycles. The van der Waals surface area contributed by atoms with Crippen molar-refractivity contribution in [2.75, 3.05) is 0 Å². The van der Waals surface area contributed by atoms with Gasteiger partial charge in [-0.15, -0.1) is 0 Å². The van der Waals surface area contributed by atoms with Gasteiger partial charge in [-0.25, -0.2) is 0 Å². The number of rotatable bonds is 8. The van der Waals surface area contributed by atoms with E-state index in [1.807, 2.05) is 19.1 Å². The molecule has 1 amide bonds. The van der Waals surface area contributed by atoms with Gasteiger partial charge in [0.05, 0.1) is 0 Å². The molecule has 0 aliphatic carbocycles. The highest BCUT2D eigenvalue weighted by atomic mass is 35.5. The summed E-state index contributed by atoms with van der Waals surface area (Å²) in [5, 5.41) is 7.45. The maximum absolute atomic E-state index is 11.9. The van der Waals surface area contributed by atoms with Crippen molar-refractivity contribution in [3.8, 4) is 11.4 Å². The van der Waals surface area contributed by atoms with Gasteiger partial charge in [0, 0.05) is 17.0 Å². The quantitative estimate of drug-likeness (QED) is 0.719. The Morgan fingerprint density at radius 1 is 1.35 bits per heavy atom. The van der Waals surface area contributed by atoms with Gasteiger partial charge < -0.3 is 9.84 Å². The molecule has 1 unspecified atom stereocenters. The van der Waals surface area contributed by atoms with Crippen LogP contribution in [-0.2, 0) is 4.79 Å². The zero-order chi connectivity index (χ0) is 16.7. The Morgan fingerprint density at radius 2 is 2.17 bits per heavy atom. The molecular formula is C17H22ClN3O2. The molecule has 0 bridgehead atoms. The van der Waals surface area contributed by atoms with Gasteiger partial charge >= 0.3 is 0 Å². The predicted octanol–water partition coefficient (Wildman–Crippen LogP) is 4.54. The Labute approximate surface area is 141 Å². The van der Waals surface area contributed by atoms with Gasteiger partial charge in [0.15, 0.2) is 0 Å². The summed E-state index contributed by atoms with van der Waals surface area (Å²) in [5.74, 6) is 0.865. The van der Waals surface area contributed by atoms with Crippen LogP contribution >= 0.6 is 11.6 Å². The van der Waals surface area contributed by atoms with Crippen LogP contribution in [0.5, 0.6) is 0 Å². The SMILES string of the molecule is CCCCCCC(=O)NC(C)c1nc(-c2cccc(Cl)c2)no1. The van der Waals surface area contributed by atoms with Crippen LogP contribution in [0.15, 0.2) is 28.8 Å². The first-order chi connectivity index (χ1) is 11.1. The van der Waals surface area contributed by atoms with Gasteiger partial charge in [-0.3, -0.25) is 4.79 Å². The van der Waals surface area contributed by atoms with Gasteiger partial charge in [-0.2, -0.15) is 4.98 Å². The Bertz CT molecular complexity index is 642.